The first-order chi connectivity index (χ1) is 7.99. The van der Waals surface area contributed by atoms with Gasteiger partial charge in [0.15, 0.2) is 0 Å². The molecule has 5 heteroatoms. The summed E-state index contributed by atoms with van der Waals surface area (Å²) in [5.41, 5.74) is 7.57. The third-order valence-corrected chi connectivity index (χ3v) is 2.74. The van der Waals surface area contributed by atoms with Crippen molar-refractivity contribution in [1.29, 1.82) is 0 Å². The predicted octanol–water partition coefficient (Wildman–Crippen LogP) is 1.06. The van der Waals surface area contributed by atoms with Crippen molar-refractivity contribution >= 4 is 17.0 Å². The van der Waals surface area contributed by atoms with Crippen LogP contribution in [0.25, 0.3) is 11.0 Å². The van der Waals surface area contributed by atoms with Gasteiger partial charge >= 0.3 is 0 Å². The molecule has 0 aliphatic heterocycles. The first-order valence-corrected chi connectivity index (χ1v) is 5.61. The lowest BCUT2D eigenvalue weighted by atomic mass is 10.3. The number of likely N-dealkylation sites (N-methyl/N-ethyl adjacent to an activating group) is 1. The zero-order valence-corrected chi connectivity index (χ0v) is 10.4. The molecule has 1 heterocycles. The van der Waals surface area contributed by atoms with Crippen molar-refractivity contribution < 1.29 is 5.11 Å². The third kappa shape index (κ3) is 2.19. The lowest BCUT2D eigenvalue weighted by molar-refractivity contribution is 0.476. The highest BCUT2D eigenvalue weighted by molar-refractivity contribution is 5.80. The second-order valence-electron chi connectivity index (χ2n) is 4.50. The molecule has 92 valence electrons. The van der Waals surface area contributed by atoms with Crippen LogP contribution in [-0.4, -0.2) is 34.3 Å². The summed E-state index contributed by atoms with van der Waals surface area (Å²) in [5, 5.41) is 9.47. The van der Waals surface area contributed by atoms with Crippen molar-refractivity contribution in [3.63, 3.8) is 0 Å². The van der Waals surface area contributed by atoms with Gasteiger partial charge in [0.25, 0.3) is 0 Å². The first-order valence-electron chi connectivity index (χ1n) is 5.61. The molecule has 1 aromatic carbocycles. The molecular formula is C12H18N4O. The second kappa shape index (κ2) is 4.25. The van der Waals surface area contributed by atoms with Crippen LogP contribution in [0.3, 0.4) is 0 Å². The van der Waals surface area contributed by atoms with Crippen molar-refractivity contribution in [3.05, 3.63) is 18.2 Å². The van der Waals surface area contributed by atoms with Crippen LogP contribution in [0, 0.1) is 0 Å². The summed E-state index contributed by atoms with van der Waals surface area (Å²) in [6, 6.07) is 5.26. The minimum Gasteiger partial charge on any atom is -0.508 e. The molecule has 0 amide bonds. The maximum Gasteiger partial charge on any atom is 0.206 e. The molecule has 0 aliphatic rings. The number of imidazole rings is 1. The number of phenolic OH excluding ortho intramolecular Hbond substituents is 1. The lowest BCUT2D eigenvalue weighted by Gasteiger charge is -2.20. The molecule has 5 nitrogen and oxygen atoms in total. The van der Waals surface area contributed by atoms with E-state index in [4.69, 9.17) is 5.73 Å². The number of aromatic nitrogens is 2. The molecule has 3 N–H and O–H groups in total. The van der Waals surface area contributed by atoms with Crippen LogP contribution in [0.1, 0.15) is 6.92 Å². The van der Waals surface area contributed by atoms with E-state index in [0.717, 1.165) is 23.5 Å². The fraction of sp³-hybridized carbons (Fsp3) is 0.417. The van der Waals surface area contributed by atoms with E-state index in [0.29, 0.717) is 0 Å². The van der Waals surface area contributed by atoms with Gasteiger partial charge in [-0.05, 0) is 19.1 Å². The van der Waals surface area contributed by atoms with Crippen LogP contribution in [0.5, 0.6) is 5.75 Å². The summed E-state index contributed by atoms with van der Waals surface area (Å²) < 4.78 is 1.96. The average Bonchev–Trinajstić information content (AvgIpc) is 2.55. The van der Waals surface area contributed by atoms with Gasteiger partial charge in [0.05, 0.1) is 11.0 Å². The highest BCUT2D eigenvalue weighted by atomic mass is 16.3. The zero-order chi connectivity index (χ0) is 12.6. The fourth-order valence-electron chi connectivity index (χ4n) is 2.02. The Kier molecular flexibility index (Phi) is 2.93. The van der Waals surface area contributed by atoms with E-state index in [-0.39, 0.29) is 11.8 Å². The molecule has 1 unspecified atom stereocenters. The minimum atomic E-state index is 0.0909. The van der Waals surface area contributed by atoms with Crippen molar-refractivity contribution in [2.24, 2.45) is 12.8 Å². The molecule has 0 fully saturated rings. The molecule has 0 aliphatic carbocycles. The first kappa shape index (κ1) is 11.7. The molecular weight excluding hydrogens is 216 g/mol. The number of aromatic hydroxyl groups is 1. The van der Waals surface area contributed by atoms with Crippen LogP contribution in [0.15, 0.2) is 18.2 Å². The van der Waals surface area contributed by atoms with E-state index in [1.165, 1.54) is 0 Å². The summed E-state index contributed by atoms with van der Waals surface area (Å²) in [4.78, 5) is 6.54. The highest BCUT2D eigenvalue weighted by Crippen LogP contribution is 2.23. The molecule has 2 rings (SSSR count). The number of aryl methyl sites for hydroxylation is 1. The molecule has 0 bridgehead atoms. The number of hydrogen-bond acceptors (Lipinski definition) is 4. The molecule has 0 radical (unpaired) electrons. The monoisotopic (exact) mass is 234 g/mol. The highest BCUT2D eigenvalue weighted by Gasteiger charge is 2.12. The molecule has 1 aromatic heterocycles. The number of rotatable bonds is 3. The second-order valence-corrected chi connectivity index (χ2v) is 4.50. The standard InChI is InChI=1S/C12H18N4O/c1-8(13)7-15(2)12-14-10-5-4-9(17)6-11(10)16(12)3/h4-6,8,17H,7,13H2,1-3H3. The minimum absolute atomic E-state index is 0.0909. The quantitative estimate of drug-likeness (QED) is 0.833. The summed E-state index contributed by atoms with van der Waals surface area (Å²) >= 11 is 0. The number of nitrogens with zero attached hydrogens (tertiary/aromatic N) is 3. The summed E-state index contributed by atoms with van der Waals surface area (Å²) in [5.74, 6) is 1.10. The SMILES string of the molecule is CC(N)CN(C)c1nc2ccc(O)cc2n1C. The van der Waals surface area contributed by atoms with Crippen molar-refractivity contribution in [2.75, 3.05) is 18.5 Å². The maximum atomic E-state index is 9.47. The van der Waals surface area contributed by atoms with Gasteiger partial charge in [0.1, 0.15) is 5.75 Å². The van der Waals surface area contributed by atoms with E-state index < -0.39 is 0 Å². The smallest absolute Gasteiger partial charge is 0.206 e. The summed E-state index contributed by atoms with van der Waals surface area (Å²) in [7, 11) is 3.90. The van der Waals surface area contributed by atoms with Crippen LogP contribution < -0.4 is 10.6 Å². The Morgan fingerprint density at radius 3 is 2.88 bits per heavy atom. The Morgan fingerprint density at radius 2 is 2.24 bits per heavy atom. The Bertz CT molecular complexity index is 533. The average molecular weight is 234 g/mol. The Balaban J connectivity index is 2.45. The zero-order valence-electron chi connectivity index (χ0n) is 10.4. The third-order valence-electron chi connectivity index (χ3n) is 2.74. The summed E-state index contributed by atoms with van der Waals surface area (Å²) in [6.07, 6.45) is 0. The molecule has 0 spiro atoms. The number of anilines is 1. The largest absolute Gasteiger partial charge is 0.508 e. The Labute approximate surface area is 100 Å². The maximum absolute atomic E-state index is 9.47. The molecule has 0 saturated heterocycles. The lowest BCUT2D eigenvalue weighted by Crippen LogP contribution is -2.34. The molecule has 17 heavy (non-hydrogen) atoms. The van der Waals surface area contributed by atoms with Gasteiger partial charge in [-0.2, -0.15) is 0 Å². The van der Waals surface area contributed by atoms with E-state index in [9.17, 15) is 5.11 Å². The normalized spacial score (nSPS) is 12.9. The number of benzene rings is 1. The molecule has 2 aromatic rings. The van der Waals surface area contributed by atoms with E-state index >= 15 is 0 Å². The van der Waals surface area contributed by atoms with Gasteiger partial charge in [-0.15, -0.1) is 0 Å². The topological polar surface area (TPSA) is 67.3 Å². The Morgan fingerprint density at radius 1 is 1.53 bits per heavy atom. The van der Waals surface area contributed by atoms with Crippen molar-refractivity contribution in [3.8, 4) is 5.75 Å². The Hall–Kier alpha value is -1.75. The summed E-state index contributed by atoms with van der Waals surface area (Å²) in [6.45, 7) is 2.70. The van der Waals surface area contributed by atoms with Gasteiger partial charge in [0, 0.05) is 32.7 Å². The van der Waals surface area contributed by atoms with Crippen LogP contribution >= 0.6 is 0 Å². The van der Waals surface area contributed by atoms with Crippen LogP contribution in [0.2, 0.25) is 0 Å². The van der Waals surface area contributed by atoms with Crippen molar-refractivity contribution in [1.82, 2.24) is 9.55 Å². The van der Waals surface area contributed by atoms with E-state index in [1.807, 2.05) is 36.6 Å². The molecule has 1 atom stereocenters. The van der Waals surface area contributed by atoms with Gasteiger partial charge in [-0.3, -0.25) is 0 Å². The van der Waals surface area contributed by atoms with Gasteiger partial charge in [0.2, 0.25) is 5.95 Å². The number of hydrogen-bond donors (Lipinski definition) is 2. The van der Waals surface area contributed by atoms with Crippen LogP contribution in [0.4, 0.5) is 5.95 Å². The van der Waals surface area contributed by atoms with E-state index in [1.54, 1.807) is 12.1 Å². The van der Waals surface area contributed by atoms with Crippen LogP contribution in [-0.2, 0) is 7.05 Å². The number of phenols is 1. The predicted molar refractivity (Wildman–Crippen MR) is 69.3 cm³/mol. The van der Waals surface area contributed by atoms with Crippen molar-refractivity contribution in [2.45, 2.75) is 13.0 Å². The van der Waals surface area contributed by atoms with Gasteiger partial charge in [-0.25, -0.2) is 4.98 Å². The number of fused-ring (bicyclic) bond motifs is 1. The van der Waals surface area contributed by atoms with Gasteiger partial charge in [-0.1, -0.05) is 0 Å². The van der Waals surface area contributed by atoms with Gasteiger partial charge < -0.3 is 20.3 Å². The fourth-order valence-corrected chi connectivity index (χ4v) is 2.02. The number of nitrogens with two attached hydrogens (primary N) is 1. The molecule has 0 saturated carbocycles. The van der Waals surface area contributed by atoms with E-state index in [2.05, 4.69) is 4.98 Å².